The number of anilines is 1. The van der Waals surface area contributed by atoms with Crippen molar-refractivity contribution in [1.29, 1.82) is 0 Å². The standard InChI is InChI=1S/C19H19NO/c1-14-4-8-16-13-18(21-19(16)12-14)11-7-15-5-9-17(10-6-15)20(2)3/h4-13H,1-3H3. The average Bonchev–Trinajstić information content (AvgIpc) is 2.87. The first-order valence-corrected chi connectivity index (χ1v) is 7.07. The maximum Gasteiger partial charge on any atom is 0.135 e. The highest BCUT2D eigenvalue weighted by Crippen LogP contribution is 2.22. The quantitative estimate of drug-likeness (QED) is 0.671. The van der Waals surface area contributed by atoms with E-state index in [0.717, 1.165) is 22.3 Å². The summed E-state index contributed by atoms with van der Waals surface area (Å²) >= 11 is 0. The lowest BCUT2D eigenvalue weighted by molar-refractivity contribution is 0.604. The van der Waals surface area contributed by atoms with Crippen molar-refractivity contribution in [2.45, 2.75) is 6.92 Å². The number of aryl methyl sites for hydroxylation is 1. The van der Waals surface area contributed by atoms with Crippen molar-refractivity contribution in [2.24, 2.45) is 0 Å². The molecule has 1 heterocycles. The van der Waals surface area contributed by atoms with Crippen LogP contribution in [0.25, 0.3) is 23.1 Å². The van der Waals surface area contributed by atoms with Gasteiger partial charge in [-0.3, -0.25) is 0 Å². The number of nitrogens with zero attached hydrogens (tertiary/aromatic N) is 1. The third-order valence-corrected chi connectivity index (χ3v) is 3.54. The molecule has 0 atom stereocenters. The van der Waals surface area contributed by atoms with Crippen LogP contribution >= 0.6 is 0 Å². The molecule has 0 saturated carbocycles. The van der Waals surface area contributed by atoms with Crippen LogP contribution in [0.4, 0.5) is 5.69 Å². The minimum absolute atomic E-state index is 0.882. The maximum atomic E-state index is 5.84. The van der Waals surface area contributed by atoms with Gasteiger partial charge in [-0.25, -0.2) is 0 Å². The topological polar surface area (TPSA) is 16.4 Å². The SMILES string of the molecule is Cc1ccc2cc(C=Cc3ccc(N(C)C)cc3)oc2c1. The summed E-state index contributed by atoms with van der Waals surface area (Å²) in [7, 11) is 4.09. The molecule has 2 heteroatoms. The molecule has 3 rings (SSSR count). The van der Waals surface area contributed by atoms with E-state index in [1.165, 1.54) is 11.3 Å². The van der Waals surface area contributed by atoms with Gasteiger partial charge in [-0.05, 0) is 48.4 Å². The predicted octanol–water partition coefficient (Wildman–Crippen LogP) is 4.98. The number of furan rings is 1. The Hall–Kier alpha value is -2.48. The molecule has 0 spiro atoms. The highest BCUT2D eigenvalue weighted by molar-refractivity contribution is 5.82. The van der Waals surface area contributed by atoms with Gasteiger partial charge in [0.1, 0.15) is 11.3 Å². The molecule has 3 aromatic rings. The second-order valence-electron chi connectivity index (χ2n) is 5.51. The first-order valence-electron chi connectivity index (χ1n) is 7.07. The molecule has 0 aliphatic carbocycles. The molecule has 0 aliphatic heterocycles. The number of hydrogen-bond acceptors (Lipinski definition) is 2. The maximum absolute atomic E-state index is 5.84. The van der Waals surface area contributed by atoms with Crippen LogP contribution < -0.4 is 4.90 Å². The number of fused-ring (bicyclic) bond motifs is 1. The fourth-order valence-electron chi connectivity index (χ4n) is 2.30. The van der Waals surface area contributed by atoms with Crippen LogP contribution in [-0.4, -0.2) is 14.1 Å². The summed E-state index contributed by atoms with van der Waals surface area (Å²) in [5, 5.41) is 1.14. The molecule has 0 N–H and O–H groups in total. The summed E-state index contributed by atoms with van der Waals surface area (Å²) in [4.78, 5) is 2.09. The van der Waals surface area contributed by atoms with E-state index in [-0.39, 0.29) is 0 Å². The zero-order valence-electron chi connectivity index (χ0n) is 12.6. The summed E-state index contributed by atoms with van der Waals surface area (Å²) in [5.41, 5.74) is 4.52. The van der Waals surface area contributed by atoms with Crippen LogP contribution in [0.5, 0.6) is 0 Å². The van der Waals surface area contributed by atoms with Gasteiger partial charge >= 0.3 is 0 Å². The minimum Gasteiger partial charge on any atom is -0.457 e. The number of benzene rings is 2. The Kier molecular flexibility index (Phi) is 3.53. The van der Waals surface area contributed by atoms with E-state index < -0.39 is 0 Å². The zero-order chi connectivity index (χ0) is 14.8. The summed E-state index contributed by atoms with van der Waals surface area (Å²) < 4.78 is 5.84. The molecule has 2 nitrogen and oxygen atoms in total. The highest BCUT2D eigenvalue weighted by Gasteiger charge is 2.01. The van der Waals surface area contributed by atoms with Crippen LogP contribution in [-0.2, 0) is 0 Å². The lowest BCUT2D eigenvalue weighted by atomic mass is 10.1. The number of hydrogen-bond donors (Lipinski definition) is 0. The fourth-order valence-corrected chi connectivity index (χ4v) is 2.30. The van der Waals surface area contributed by atoms with Crippen molar-refractivity contribution in [3.8, 4) is 0 Å². The molecule has 0 aliphatic rings. The molecule has 0 radical (unpaired) electrons. The third kappa shape index (κ3) is 3.00. The van der Waals surface area contributed by atoms with Crippen molar-refractivity contribution >= 4 is 28.8 Å². The normalized spacial score (nSPS) is 11.4. The van der Waals surface area contributed by atoms with Gasteiger partial charge in [0.05, 0.1) is 0 Å². The van der Waals surface area contributed by atoms with Gasteiger partial charge < -0.3 is 9.32 Å². The van der Waals surface area contributed by atoms with Crippen LogP contribution in [0.2, 0.25) is 0 Å². The monoisotopic (exact) mass is 277 g/mol. The Bertz CT molecular complexity index is 779. The van der Waals surface area contributed by atoms with E-state index in [4.69, 9.17) is 4.42 Å². The predicted molar refractivity (Wildman–Crippen MR) is 90.6 cm³/mol. The summed E-state index contributed by atoms with van der Waals surface area (Å²) in [6.07, 6.45) is 4.09. The molecule has 1 aromatic heterocycles. The summed E-state index contributed by atoms with van der Waals surface area (Å²) in [5.74, 6) is 0.882. The van der Waals surface area contributed by atoms with Crippen LogP contribution in [0, 0.1) is 6.92 Å². The van der Waals surface area contributed by atoms with Gasteiger partial charge in [-0.1, -0.05) is 30.3 Å². The van der Waals surface area contributed by atoms with Gasteiger partial charge in [-0.2, -0.15) is 0 Å². The Morgan fingerprint density at radius 3 is 2.38 bits per heavy atom. The van der Waals surface area contributed by atoms with Crippen molar-refractivity contribution in [3.63, 3.8) is 0 Å². The lowest BCUT2D eigenvalue weighted by Gasteiger charge is -2.11. The Morgan fingerprint density at radius 2 is 1.67 bits per heavy atom. The fraction of sp³-hybridized carbons (Fsp3) is 0.158. The van der Waals surface area contributed by atoms with Crippen molar-refractivity contribution < 1.29 is 4.42 Å². The Labute approximate surface area is 125 Å². The summed E-state index contributed by atoms with van der Waals surface area (Å²) in [6, 6.07) is 16.8. The van der Waals surface area contributed by atoms with Crippen molar-refractivity contribution in [1.82, 2.24) is 0 Å². The van der Waals surface area contributed by atoms with Gasteiger partial charge in [0.2, 0.25) is 0 Å². The second-order valence-corrected chi connectivity index (χ2v) is 5.51. The van der Waals surface area contributed by atoms with E-state index in [9.17, 15) is 0 Å². The Morgan fingerprint density at radius 1 is 0.905 bits per heavy atom. The zero-order valence-corrected chi connectivity index (χ0v) is 12.6. The molecular formula is C19H19NO. The Balaban J connectivity index is 1.83. The molecule has 0 amide bonds. The van der Waals surface area contributed by atoms with Gasteiger partial charge in [0, 0.05) is 25.2 Å². The molecule has 0 saturated heterocycles. The first-order chi connectivity index (χ1) is 10.1. The van der Waals surface area contributed by atoms with Crippen molar-refractivity contribution in [2.75, 3.05) is 19.0 Å². The van der Waals surface area contributed by atoms with Gasteiger partial charge in [-0.15, -0.1) is 0 Å². The highest BCUT2D eigenvalue weighted by atomic mass is 16.3. The lowest BCUT2D eigenvalue weighted by Crippen LogP contribution is -2.07. The van der Waals surface area contributed by atoms with Gasteiger partial charge in [0.15, 0.2) is 0 Å². The molecule has 0 unspecified atom stereocenters. The molecule has 106 valence electrons. The smallest absolute Gasteiger partial charge is 0.135 e. The molecular weight excluding hydrogens is 258 g/mol. The first kappa shape index (κ1) is 13.5. The van der Waals surface area contributed by atoms with Crippen LogP contribution in [0.1, 0.15) is 16.9 Å². The van der Waals surface area contributed by atoms with E-state index in [2.05, 4.69) is 66.4 Å². The van der Waals surface area contributed by atoms with Gasteiger partial charge in [0.25, 0.3) is 0 Å². The van der Waals surface area contributed by atoms with Crippen LogP contribution in [0.15, 0.2) is 52.9 Å². The molecule has 2 aromatic carbocycles. The van der Waals surface area contributed by atoms with E-state index in [1.54, 1.807) is 0 Å². The van der Waals surface area contributed by atoms with Crippen LogP contribution in [0.3, 0.4) is 0 Å². The summed E-state index contributed by atoms with van der Waals surface area (Å²) in [6.45, 7) is 2.07. The van der Waals surface area contributed by atoms with E-state index in [0.29, 0.717) is 0 Å². The molecule has 0 bridgehead atoms. The molecule has 0 fully saturated rings. The minimum atomic E-state index is 0.882. The van der Waals surface area contributed by atoms with Crippen molar-refractivity contribution in [3.05, 3.63) is 65.4 Å². The third-order valence-electron chi connectivity index (χ3n) is 3.54. The largest absolute Gasteiger partial charge is 0.457 e. The van der Waals surface area contributed by atoms with E-state index >= 15 is 0 Å². The number of rotatable bonds is 3. The molecule has 21 heavy (non-hydrogen) atoms. The average molecular weight is 277 g/mol. The second kappa shape index (κ2) is 5.49. The van der Waals surface area contributed by atoms with E-state index in [1.807, 2.05) is 20.2 Å².